The number of carbonyl (C=O) groups is 2. The van der Waals surface area contributed by atoms with Crippen LogP contribution in [-0.2, 0) is 4.74 Å². The summed E-state index contributed by atoms with van der Waals surface area (Å²) < 4.78 is 5.68. The van der Waals surface area contributed by atoms with E-state index in [1.165, 1.54) is 6.07 Å². The van der Waals surface area contributed by atoms with Gasteiger partial charge in [0, 0.05) is 5.92 Å². The van der Waals surface area contributed by atoms with Gasteiger partial charge in [-0.1, -0.05) is 12.1 Å². The van der Waals surface area contributed by atoms with Gasteiger partial charge in [-0.05, 0) is 51.9 Å². The second kappa shape index (κ2) is 6.26. The first-order valence-electron chi connectivity index (χ1n) is 7.24. The van der Waals surface area contributed by atoms with Crippen LogP contribution in [0.1, 0.15) is 47.4 Å². The first-order chi connectivity index (χ1) is 9.92. The summed E-state index contributed by atoms with van der Waals surface area (Å²) in [5.41, 5.74) is 5.16. The third-order valence-corrected chi connectivity index (χ3v) is 4.09. The molecule has 1 fully saturated rings. The molecule has 1 aliphatic rings. The normalized spacial score (nSPS) is 16.5. The van der Waals surface area contributed by atoms with Crippen molar-refractivity contribution in [2.24, 2.45) is 11.7 Å². The van der Waals surface area contributed by atoms with E-state index in [1.54, 1.807) is 18.2 Å². The number of rotatable bonds is 4. The highest BCUT2D eigenvalue weighted by Gasteiger charge is 2.35. The lowest BCUT2D eigenvalue weighted by molar-refractivity contribution is -0.0369. The van der Waals surface area contributed by atoms with Crippen LogP contribution in [0.3, 0.4) is 0 Å². The van der Waals surface area contributed by atoms with Crippen molar-refractivity contribution in [1.29, 1.82) is 0 Å². The molecule has 2 rings (SSSR count). The number of piperidine rings is 1. The van der Waals surface area contributed by atoms with Crippen molar-refractivity contribution in [3.8, 4) is 0 Å². The molecule has 0 aliphatic carbocycles. The van der Waals surface area contributed by atoms with Crippen LogP contribution in [0.5, 0.6) is 0 Å². The molecule has 0 radical (unpaired) electrons. The second-order valence-corrected chi connectivity index (χ2v) is 5.93. The summed E-state index contributed by atoms with van der Waals surface area (Å²) in [5.74, 6) is -0.807. The van der Waals surface area contributed by atoms with E-state index in [-0.39, 0.29) is 11.1 Å². The SMILES string of the molecule is CC(C)(OC(=O)c1ccccc1C(N)=O)C1CCNCC1. The Bertz CT molecular complexity index is 534. The molecule has 0 unspecified atom stereocenters. The second-order valence-electron chi connectivity index (χ2n) is 5.93. The molecule has 0 saturated carbocycles. The molecule has 0 bridgehead atoms. The monoisotopic (exact) mass is 290 g/mol. The highest BCUT2D eigenvalue weighted by Crippen LogP contribution is 2.30. The van der Waals surface area contributed by atoms with Gasteiger partial charge in [-0.15, -0.1) is 0 Å². The minimum atomic E-state index is -0.623. The van der Waals surface area contributed by atoms with E-state index in [4.69, 9.17) is 10.5 Å². The molecule has 0 atom stereocenters. The maximum Gasteiger partial charge on any atom is 0.339 e. The van der Waals surface area contributed by atoms with Crippen molar-refractivity contribution in [1.82, 2.24) is 5.32 Å². The van der Waals surface area contributed by atoms with Gasteiger partial charge in [0.05, 0.1) is 11.1 Å². The van der Waals surface area contributed by atoms with E-state index in [0.29, 0.717) is 5.92 Å². The summed E-state index contributed by atoms with van der Waals surface area (Å²) in [7, 11) is 0. The number of primary amides is 1. The van der Waals surface area contributed by atoms with Crippen LogP contribution in [0, 0.1) is 5.92 Å². The minimum Gasteiger partial charge on any atom is -0.456 e. The number of amides is 1. The molecular formula is C16H22N2O3. The van der Waals surface area contributed by atoms with Crippen molar-refractivity contribution in [3.05, 3.63) is 35.4 Å². The standard InChI is InChI=1S/C16H22N2O3/c1-16(2,11-7-9-18-10-8-11)21-15(20)13-6-4-3-5-12(13)14(17)19/h3-6,11,18H,7-10H2,1-2H3,(H2,17,19). The van der Waals surface area contributed by atoms with Crippen LogP contribution in [0.4, 0.5) is 0 Å². The summed E-state index contributed by atoms with van der Waals surface area (Å²) in [6, 6.07) is 6.48. The van der Waals surface area contributed by atoms with Crippen molar-refractivity contribution >= 4 is 11.9 Å². The number of nitrogens with two attached hydrogens (primary N) is 1. The largest absolute Gasteiger partial charge is 0.456 e. The molecule has 1 amide bonds. The third kappa shape index (κ3) is 3.61. The maximum atomic E-state index is 12.4. The lowest BCUT2D eigenvalue weighted by Crippen LogP contribution is -2.43. The number of carbonyl (C=O) groups excluding carboxylic acids is 2. The van der Waals surface area contributed by atoms with Gasteiger partial charge < -0.3 is 15.8 Å². The fourth-order valence-corrected chi connectivity index (χ4v) is 2.77. The Hall–Kier alpha value is -1.88. The lowest BCUT2D eigenvalue weighted by atomic mass is 9.83. The van der Waals surface area contributed by atoms with E-state index in [2.05, 4.69) is 5.32 Å². The Morgan fingerprint density at radius 2 is 1.76 bits per heavy atom. The molecule has 0 aromatic heterocycles. The fourth-order valence-electron chi connectivity index (χ4n) is 2.77. The number of hydrogen-bond donors (Lipinski definition) is 2. The quantitative estimate of drug-likeness (QED) is 0.827. The van der Waals surface area contributed by atoms with Gasteiger partial charge >= 0.3 is 5.97 Å². The zero-order chi connectivity index (χ0) is 15.5. The predicted molar refractivity (Wildman–Crippen MR) is 80.0 cm³/mol. The van der Waals surface area contributed by atoms with E-state index in [1.807, 2.05) is 13.8 Å². The summed E-state index contributed by atoms with van der Waals surface area (Å²) in [4.78, 5) is 23.8. The summed E-state index contributed by atoms with van der Waals surface area (Å²) in [6.45, 7) is 5.72. The van der Waals surface area contributed by atoms with Crippen molar-refractivity contribution in [2.45, 2.75) is 32.3 Å². The van der Waals surface area contributed by atoms with Crippen LogP contribution in [-0.4, -0.2) is 30.6 Å². The number of nitrogens with one attached hydrogen (secondary N) is 1. The Kier molecular flexibility index (Phi) is 4.63. The molecule has 1 saturated heterocycles. The topological polar surface area (TPSA) is 81.4 Å². The average Bonchev–Trinajstić information content (AvgIpc) is 2.47. The van der Waals surface area contributed by atoms with Gasteiger partial charge in [0.15, 0.2) is 0 Å². The fraction of sp³-hybridized carbons (Fsp3) is 0.500. The summed E-state index contributed by atoms with van der Waals surface area (Å²) in [5, 5.41) is 3.29. The highest BCUT2D eigenvalue weighted by molar-refractivity contribution is 6.04. The zero-order valence-corrected chi connectivity index (χ0v) is 12.5. The molecule has 1 aromatic rings. The highest BCUT2D eigenvalue weighted by atomic mass is 16.6. The Labute approximate surface area is 124 Å². The van der Waals surface area contributed by atoms with E-state index in [0.717, 1.165) is 25.9 Å². The molecule has 3 N–H and O–H groups in total. The van der Waals surface area contributed by atoms with Crippen molar-refractivity contribution in [3.63, 3.8) is 0 Å². The smallest absolute Gasteiger partial charge is 0.339 e. The van der Waals surface area contributed by atoms with Crippen molar-refractivity contribution < 1.29 is 14.3 Å². The molecule has 1 heterocycles. The molecule has 5 nitrogen and oxygen atoms in total. The average molecular weight is 290 g/mol. The van der Waals surface area contributed by atoms with E-state index >= 15 is 0 Å². The van der Waals surface area contributed by atoms with Crippen LogP contribution in [0.2, 0.25) is 0 Å². The molecule has 1 aliphatic heterocycles. The molecule has 1 aromatic carbocycles. The first kappa shape index (κ1) is 15.5. The number of hydrogen-bond acceptors (Lipinski definition) is 4. The van der Waals surface area contributed by atoms with Gasteiger partial charge in [0.25, 0.3) is 0 Å². The summed E-state index contributed by atoms with van der Waals surface area (Å²) in [6.07, 6.45) is 1.94. The van der Waals surface area contributed by atoms with Crippen LogP contribution in [0.25, 0.3) is 0 Å². The van der Waals surface area contributed by atoms with Crippen molar-refractivity contribution in [2.75, 3.05) is 13.1 Å². The first-order valence-corrected chi connectivity index (χ1v) is 7.24. The zero-order valence-electron chi connectivity index (χ0n) is 12.5. The minimum absolute atomic E-state index is 0.198. The van der Waals surface area contributed by atoms with Crippen LogP contribution in [0.15, 0.2) is 24.3 Å². The maximum absolute atomic E-state index is 12.4. The van der Waals surface area contributed by atoms with Gasteiger partial charge in [0.2, 0.25) is 5.91 Å². The molecule has 114 valence electrons. The Morgan fingerprint density at radius 3 is 2.33 bits per heavy atom. The molecular weight excluding hydrogens is 268 g/mol. The number of esters is 1. The number of ether oxygens (including phenoxy) is 1. The van der Waals surface area contributed by atoms with Gasteiger partial charge in [-0.25, -0.2) is 4.79 Å². The van der Waals surface area contributed by atoms with Gasteiger partial charge in [0.1, 0.15) is 5.60 Å². The Balaban J connectivity index is 2.15. The van der Waals surface area contributed by atoms with Crippen LogP contribution >= 0.6 is 0 Å². The lowest BCUT2D eigenvalue weighted by Gasteiger charge is -2.36. The predicted octanol–water partition coefficient (Wildman–Crippen LogP) is 1.72. The number of benzene rings is 1. The molecule has 21 heavy (non-hydrogen) atoms. The Morgan fingerprint density at radius 1 is 1.19 bits per heavy atom. The van der Waals surface area contributed by atoms with E-state index in [9.17, 15) is 9.59 Å². The third-order valence-electron chi connectivity index (χ3n) is 4.09. The van der Waals surface area contributed by atoms with E-state index < -0.39 is 17.5 Å². The summed E-state index contributed by atoms with van der Waals surface area (Å²) >= 11 is 0. The van der Waals surface area contributed by atoms with Crippen LogP contribution < -0.4 is 11.1 Å². The van der Waals surface area contributed by atoms with Gasteiger partial charge in [-0.2, -0.15) is 0 Å². The molecule has 0 spiro atoms. The molecule has 5 heteroatoms. The van der Waals surface area contributed by atoms with Gasteiger partial charge in [-0.3, -0.25) is 4.79 Å².